The highest BCUT2D eigenvalue weighted by atomic mass is 19.3. The summed E-state index contributed by atoms with van der Waals surface area (Å²) >= 11 is 0. The van der Waals surface area contributed by atoms with Crippen LogP contribution in [0, 0.1) is 40.9 Å². The van der Waals surface area contributed by atoms with Gasteiger partial charge in [-0.1, -0.05) is 6.92 Å². The number of nitrogens with zero attached hydrogens (tertiary/aromatic N) is 2. The van der Waals surface area contributed by atoms with Gasteiger partial charge in [-0.05, 0) is 81.5 Å². The third-order valence-electron chi connectivity index (χ3n) is 11.0. The van der Waals surface area contributed by atoms with Crippen LogP contribution in [0.3, 0.4) is 0 Å². The molecule has 0 radical (unpaired) electrons. The van der Waals surface area contributed by atoms with Crippen molar-refractivity contribution in [3.8, 4) is 5.88 Å². The van der Waals surface area contributed by atoms with Crippen LogP contribution in [-0.2, 0) is 25.5 Å². The maximum Gasteiger partial charge on any atom is 0.254 e. The van der Waals surface area contributed by atoms with Crippen molar-refractivity contribution in [2.75, 3.05) is 46.8 Å². The van der Waals surface area contributed by atoms with Crippen molar-refractivity contribution in [1.29, 1.82) is 0 Å². The van der Waals surface area contributed by atoms with E-state index in [2.05, 4.69) is 5.10 Å². The Morgan fingerprint density at radius 3 is 2.46 bits per heavy atom. The minimum Gasteiger partial charge on any atom is -0.474 e. The molecule has 0 aromatic carbocycles. The summed E-state index contributed by atoms with van der Waals surface area (Å²) in [6.07, 6.45) is 6.93. The van der Waals surface area contributed by atoms with Gasteiger partial charge in [0.2, 0.25) is 5.88 Å². The van der Waals surface area contributed by atoms with Crippen molar-refractivity contribution < 1.29 is 37.6 Å². The maximum atomic E-state index is 16.2. The minimum atomic E-state index is -2.90. The van der Waals surface area contributed by atoms with Crippen molar-refractivity contribution in [3.63, 3.8) is 0 Å². The molecule has 8 nitrogen and oxygen atoms in total. The quantitative estimate of drug-likeness (QED) is 0.335. The van der Waals surface area contributed by atoms with Gasteiger partial charge < -0.3 is 24.1 Å². The van der Waals surface area contributed by atoms with Crippen molar-refractivity contribution in [3.05, 3.63) is 12.3 Å². The molecular weight excluding hydrogens is 534 g/mol. The Bertz CT molecular complexity index is 1030. The van der Waals surface area contributed by atoms with Crippen molar-refractivity contribution in [2.45, 2.75) is 83.3 Å². The molecule has 0 amide bonds. The zero-order valence-corrected chi connectivity index (χ0v) is 24.9. The van der Waals surface area contributed by atoms with E-state index in [1.807, 2.05) is 6.92 Å². The molecule has 4 saturated carbocycles. The molecule has 1 aromatic rings. The average molecular weight is 583 g/mol. The molecule has 41 heavy (non-hydrogen) atoms. The molecule has 10 heteroatoms. The molecule has 4 fully saturated rings. The molecule has 0 spiro atoms. The van der Waals surface area contributed by atoms with Gasteiger partial charge in [-0.15, -0.1) is 5.10 Å². The van der Waals surface area contributed by atoms with Crippen LogP contribution >= 0.6 is 0 Å². The third kappa shape index (κ3) is 6.36. The Morgan fingerprint density at radius 2 is 1.71 bits per heavy atom. The van der Waals surface area contributed by atoms with Gasteiger partial charge in [0.1, 0.15) is 6.61 Å². The van der Waals surface area contributed by atoms with Gasteiger partial charge in [0.05, 0.1) is 45.2 Å². The SMILES string of the molecule is COCCOCCOCCOc1ccn(CC(=O)[C@H]2CC[C@H]3[C@@H]4CC[C@@H]5C[C@](C)(O)CC[C@@H]5[C@H]4CC(F)(F)[C@]23C)n1. The van der Waals surface area contributed by atoms with Crippen LogP contribution < -0.4 is 4.74 Å². The normalized spacial score (nSPS) is 37.7. The van der Waals surface area contributed by atoms with Gasteiger partial charge in [0, 0.05) is 37.1 Å². The Morgan fingerprint density at radius 1 is 0.976 bits per heavy atom. The molecule has 232 valence electrons. The summed E-state index contributed by atoms with van der Waals surface area (Å²) < 4.78 is 55.3. The number of hydrogen-bond donors (Lipinski definition) is 1. The second-order valence-corrected chi connectivity index (χ2v) is 13.4. The highest BCUT2D eigenvalue weighted by molar-refractivity contribution is 5.82. The predicted octanol–water partition coefficient (Wildman–Crippen LogP) is 4.78. The number of methoxy groups -OCH3 is 1. The van der Waals surface area contributed by atoms with Crippen molar-refractivity contribution >= 4 is 5.78 Å². The van der Waals surface area contributed by atoms with Crippen LogP contribution in [0.2, 0.25) is 0 Å². The molecule has 8 atom stereocenters. The van der Waals surface area contributed by atoms with Gasteiger partial charge >= 0.3 is 0 Å². The first-order valence-corrected chi connectivity index (χ1v) is 15.5. The van der Waals surface area contributed by atoms with E-state index >= 15 is 8.78 Å². The van der Waals surface area contributed by atoms with E-state index in [-0.39, 0.29) is 42.4 Å². The summed E-state index contributed by atoms with van der Waals surface area (Å²) in [7, 11) is 1.62. The van der Waals surface area contributed by atoms with Crippen molar-refractivity contribution in [2.24, 2.45) is 40.9 Å². The number of rotatable bonds is 13. The highest BCUT2D eigenvalue weighted by Gasteiger charge is 2.70. The summed E-state index contributed by atoms with van der Waals surface area (Å²) in [5.74, 6) is -2.68. The topological polar surface area (TPSA) is 92.0 Å². The summed E-state index contributed by atoms with van der Waals surface area (Å²) in [5.41, 5.74) is -2.00. The smallest absolute Gasteiger partial charge is 0.254 e. The largest absolute Gasteiger partial charge is 0.474 e. The number of ketones is 1. The zero-order valence-electron chi connectivity index (χ0n) is 24.9. The summed E-state index contributed by atoms with van der Waals surface area (Å²) in [6.45, 7) is 6.24. The van der Waals surface area contributed by atoms with Gasteiger partial charge in [0.25, 0.3) is 5.92 Å². The molecule has 0 unspecified atom stereocenters. The second-order valence-electron chi connectivity index (χ2n) is 13.4. The zero-order chi connectivity index (χ0) is 29.3. The summed E-state index contributed by atoms with van der Waals surface area (Å²) in [6, 6.07) is 1.68. The van der Waals surface area contributed by atoms with Gasteiger partial charge in [-0.25, -0.2) is 8.78 Å². The average Bonchev–Trinajstić information content (AvgIpc) is 3.51. The molecule has 5 rings (SSSR count). The number of aliphatic hydroxyl groups is 1. The number of hydrogen-bond acceptors (Lipinski definition) is 7. The number of alkyl halides is 2. The van der Waals surface area contributed by atoms with E-state index in [0.29, 0.717) is 70.7 Å². The highest BCUT2D eigenvalue weighted by Crippen LogP contribution is 2.69. The molecule has 0 bridgehead atoms. The third-order valence-corrected chi connectivity index (χ3v) is 11.0. The first-order chi connectivity index (χ1) is 19.6. The lowest BCUT2D eigenvalue weighted by Gasteiger charge is -2.59. The molecule has 1 aromatic heterocycles. The van der Waals surface area contributed by atoms with Crippen LogP contribution in [0.25, 0.3) is 0 Å². The lowest BCUT2D eigenvalue weighted by molar-refractivity contribution is -0.228. The van der Waals surface area contributed by atoms with E-state index in [0.717, 1.165) is 25.7 Å². The minimum absolute atomic E-state index is 0.00948. The number of carbonyl (C=O) groups is 1. The van der Waals surface area contributed by atoms with Crippen LogP contribution in [0.4, 0.5) is 8.78 Å². The number of halogens is 2. The van der Waals surface area contributed by atoms with Gasteiger partial charge in [-0.2, -0.15) is 0 Å². The summed E-state index contributed by atoms with van der Waals surface area (Å²) in [4.78, 5) is 13.6. The monoisotopic (exact) mass is 582 g/mol. The molecule has 1 heterocycles. The Balaban J connectivity index is 1.14. The van der Waals surface area contributed by atoms with E-state index in [9.17, 15) is 9.90 Å². The standard InChI is InChI=1S/C31H48F2N2O6/c1-29(37)10-8-22-21(18-29)4-5-23-24(22)19-31(32,33)30(2)25(23)6-7-26(30)27(36)20-35-11-9-28(34-35)41-17-16-40-15-14-39-13-12-38-3/h9,11,21-26,37H,4-8,10,12-20H2,1-3H3/t21-,22+,23-,24-,25+,26-,29-,30+/m1/s1. The molecule has 0 aliphatic heterocycles. The van der Waals surface area contributed by atoms with Crippen LogP contribution in [0.5, 0.6) is 5.88 Å². The molecule has 4 aliphatic rings. The first-order valence-electron chi connectivity index (χ1n) is 15.5. The number of Topliss-reactive ketones (excluding diaryl/α,β-unsaturated/α-hetero) is 1. The van der Waals surface area contributed by atoms with Crippen molar-refractivity contribution in [1.82, 2.24) is 9.78 Å². The predicted molar refractivity (Wildman–Crippen MR) is 148 cm³/mol. The molecule has 0 saturated heterocycles. The van der Waals surface area contributed by atoms with Gasteiger partial charge in [0.15, 0.2) is 5.78 Å². The maximum absolute atomic E-state index is 16.2. The number of ether oxygens (including phenoxy) is 4. The lowest BCUT2D eigenvalue weighted by atomic mass is 9.47. The Labute approximate surface area is 242 Å². The number of carbonyl (C=O) groups excluding carboxylic acids is 1. The Hall–Kier alpha value is -1.62. The molecule has 1 N–H and O–H groups in total. The fourth-order valence-electron chi connectivity index (χ4n) is 9.00. The van der Waals surface area contributed by atoms with Gasteiger partial charge in [-0.3, -0.25) is 9.48 Å². The Kier molecular flexibility index (Phi) is 9.43. The number of aromatic nitrogens is 2. The van der Waals surface area contributed by atoms with E-state index in [1.165, 1.54) is 4.68 Å². The van der Waals surface area contributed by atoms with E-state index < -0.39 is 22.9 Å². The number of fused-ring (bicyclic) bond motifs is 5. The van der Waals surface area contributed by atoms with Crippen LogP contribution in [0.15, 0.2) is 12.3 Å². The lowest BCUT2D eigenvalue weighted by Crippen LogP contribution is -2.59. The van der Waals surface area contributed by atoms with Crippen LogP contribution in [0.1, 0.15) is 65.2 Å². The van der Waals surface area contributed by atoms with E-state index in [4.69, 9.17) is 18.9 Å². The fraction of sp³-hybridized carbons (Fsp3) is 0.871. The molecule has 4 aliphatic carbocycles. The van der Waals surface area contributed by atoms with Crippen LogP contribution in [-0.4, -0.2) is 78.9 Å². The summed E-state index contributed by atoms with van der Waals surface area (Å²) in [5, 5.41) is 15.0. The second kappa shape index (κ2) is 12.5. The van der Waals surface area contributed by atoms with E-state index in [1.54, 1.807) is 26.3 Å². The fourth-order valence-corrected chi connectivity index (χ4v) is 9.00. The first kappa shape index (κ1) is 30.8. The molecular formula is C31H48F2N2O6.